The molecule has 2 aliphatic rings. The zero-order valence-corrected chi connectivity index (χ0v) is 16.8. The minimum atomic E-state index is -0.411. The molecule has 0 N–H and O–H groups in total. The topological polar surface area (TPSA) is 40.6 Å². The van der Waals surface area contributed by atoms with E-state index in [-0.39, 0.29) is 24.4 Å². The van der Waals surface area contributed by atoms with Gasteiger partial charge in [-0.25, -0.2) is 0 Å². The van der Waals surface area contributed by atoms with Crippen LogP contribution in [0.3, 0.4) is 0 Å². The van der Waals surface area contributed by atoms with Crippen LogP contribution in [0.5, 0.6) is 0 Å². The van der Waals surface area contributed by atoms with Crippen molar-refractivity contribution in [3.63, 3.8) is 0 Å². The van der Waals surface area contributed by atoms with Gasteiger partial charge in [-0.15, -0.1) is 0 Å². The maximum Gasteiger partial charge on any atom is 0.242 e. The van der Waals surface area contributed by atoms with E-state index >= 15 is 0 Å². The largest absolute Gasteiger partial charge is 0.332 e. The molecule has 1 unspecified atom stereocenters. The summed E-state index contributed by atoms with van der Waals surface area (Å²) in [5.41, 5.74) is 4.36. The molecule has 3 aromatic rings. The van der Waals surface area contributed by atoms with Crippen molar-refractivity contribution in [2.24, 2.45) is 0 Å². The smallest absolute Gasteiger partial charge is 0.242 e. The zero-order valence-electron chi connectivity index (χ0n) is 16.8. The first-order valence-corrected chi connectivity index (χ1v) is 10.5. The summed E-state index contributed by atoms with van der Waals surface area (Å²) in [6.45, 7) is 1.41. The van der Waals surface area contributed by atoms with Crippen molar-refractivity contribution in [1.29, 1.82) is 0 Å². The summed E-state index contributed by atoms with van der Waals surface area (Å²) in [4.78, 5) is 30.5. The molecule has 0 spiro atoms. The monoisotopic (exact) mass is 396 g/mol. The Morgan fingerprint density at radius 2 is 1.43 bits per heavy atom. The van der Waals surface area contributed by atoms with Crippen LogP contribution in [-0.4, -0.2) is 41.2 Å². The lowest BCUT2D eigenvalue weighted by molar-refractivity contribution is -0.149. The first-order chi connectivity index (χ1) is 14.7. The molecule has 0 aromatic heterocycles. The van der Waals surface area contributed by atoms with Crippen LogP contribution >= 0.6 is 0 Å². The first kappa shape index (κ1) is 18.6. The number of hydrogen-bond acceptors (Lipinski definition) is 2. The van der Waals surface area contributed by atoms with Crippen molar-refractivity contribution < 1.29 is 9.59 Å². The highest BCUT2D eigenvalue weighted by Gasteiger charge is 2.40. The van der Waals surface area contributed by atoms with Gasteiger partial charge in [0.2, 0.25) is 11.8 Å². The Hall–Kier alpha value is -3.40. The quantitative estimate of drug-likeness (QED) is 0.676. The molecule has 1 fully saturated rings. The molecule has 4 heteroatoms. The standard InChI is InChI=1S/C26H24N2O2/c29-24-18-27(17-23-22-14-8-7-9-19(22)15-16-28(23)24)26(30)25(20-10-3-1-4-11-20)21-12-5-2-6-13-21/h1-14,23,25H,15-18H2. The molecule has 2 aliphatic heterocycles. The van der Waals surface area contributed by atoms with Crippen LogP contribution in [0.1, 0.15) is 34.2 Å². The minimum Gasteiger partial charge on any atom is -0.332 e. The highest BCUT2D eigenvalue weighted by Crippen LogP contribution is 2.35. The molecule has 1 atom stereocenters. The van der Waals surface area contributed by atoms with Gasteiger partial charge < -0.3 is 9.80 Å². The molecule has 0 aliphatic carbocycles. The number of amides is 2. The number of rotatable bonds is 3. The summed E-state index contributed by atoms with van der Waals surface area (Å²) in [7, 11) is 0. The molecule has 30 heavy (non-hydrogen) atoms. The van der Waals surface area contributed by atoms with Gasteiger partial charge in [-0.05, 0) is 28.7 Å². The Bertz CT molecular complexity index is 1030. The molecule has 4 nitrogen and oxygen atoms in total. The average molecular weight is 396 g/mol. The second-order valence-corrected chi connectivity index (χ2v) is 8.02. The lowest BCUT2D eigenvalue weighted by Gasteiger charge is -2.45. The lowest BCUT2D eigenvalue weighted by atomic mass is 9.87. The van der Waals surface area contributed by atoms with E-state index in [1.54, 1.807) is 4.90 Å². The summed E-state index contributed by atoms with van der Waals surface area (Å²) in [5, 5.41) is 0. The summed E-state index contributed by atoms with van der Waals surface area (Å²) >= 11 is 0. The third kappa shape index (κ3) is 3.28. The molecule has 0 radical (unpaired) electrons. The highest BCUT2D eigenvalue weighted by atomic mass is 16.2. The maximum absolute atomic E-state index is 13.8. The SMILES string of the molecule is O=C(C(c1ccccc1)c1ccccc1)N1CC(=O)N2CCc3ccccc3C2C1. The van der Waals surface area contributed by atoms with Crippen LogP contribution in [0, 0.1) is 0 Å². The number of nitrogens with zero attached hydrogens (tertiary/aromatic N) is 2. The maximum atomic E-state index is 13.8. The van der Waals surface area contributed by atoms with E-state index in [0.29, 0.717) is 6.54 Å². The predicted octanol–water partition coefficient (Wildman–Crippen LogP) is 3.79. The van der Waals surface area contributed by atoms with E-state index in [1.807, 2.05) is 77.7 Å². The first-order valence-electron chi connectivity index (χ1n) is 10.5. The Balaban J connectivity index is 1.50. The van der Waals surface area contributed by atoms with Gasteiger partial charge in [-0.2, -0.15) is 0 Å². The lowest BCUT2D eigenvalue weighted by Crippen LogP contribution is -2.56. The molecular formula is C26H24N2O2. The molecule has 2 heterocycles. The molecule has 1 saturated heterocycles. The summed E-state index contributed by atoms with van der Waals surface area (Å²) in [5.74, 6) is -0.386. The molecular weight excluding hydrogens is 372 g/mol. The number of hydrogen-bond donors (Lipinski definition) is 0. The van der Waals surface area contributed by atoms with Crippen LogP contribution in [0.15, 0.2) is 84.9 Å². The number of piperazine rings is 1. The third-order valence-electron chi connectivity index (χ3n) is 6.28. The van der Waals surface area contributed by atoms with Crippen LogP contribution in [0.25, 0.3) is 0 Å². The normalized spacial score (nSPS) is 18.2. The molecule has 150 valence electrons. The fraction of sp³-hybridized carbons (Fsp3) is 0.231. The van der Waals surface area contributed by atoms with Crippen LogP contribution in [-0.2, 0) is 16.0 Å². The predicted molar refractivity (Wildman–Crippen MR) is 116 cm³/mol. The Labute approximate surface area is 176 Å². The van der Waals surface area contributed by atoms with E-state index in [4.69, 9.17) is 0 Å². The number of fused-ring (bicyclic) bond motifs is 3. The fourth-order valence-corrected chi connectivity index (χ4v) is 4.79. The van der Waals surface area contributed by atoms with Gasteiger partial charge in [0.1, 0.15) is 0 Å². The van der Waals surface area contributed by atoms with Gasteiger partial charge in [0.25, 0.3) is 0 Å². The Morgan fingerprint density at radius 1 is 0.833 bits per heavy atom. The number of carbonyl (C=O) groups is 2. The number of carbonyl (C=O) groups excluding carboxylic acids is 2. The zero-order chi connectivity index (χ0) is 20.5. The van der Waals surface area contributed by atoms with Gasteiger partial charge in [0.15, 0.2) is 0 Å². The summed E-state index contributed by atoms with van der Waals surface area (Å²) < 4.78 is 0. The molecule has 2 amide bonds. The van der Waals surface area contributed by atoms with E-state index in [0.717, 1.165) is 24.1 Å². The van der Waals surface area contributed by atoms with Crippen molar-refractivity contribution >= 4 is 11.8 Å². The summed E-state index contributed by atoms with van der Waals surface area (Å²) in [6, 6.07) is 27.9. The van der Waals surface area contributed by atoms with Crippen LogP contribution in [0.4, 0.5) is 0 Å². The van der Waals surface area contributed by atoms with E-state index in [2.05, 4.69) is 12.1 Å². The van der Waals surface area contributed by atoms with Crippen LogP contribution < -0.4 is 0 Å². The van der Waals surface area contributed by atoms with Crippen molar-refractivity contribution in [3.05, 3.63) is 107 Å². The van der Waals surface area contributed by atoms with E-state index in [9.17, 15) is 9.59 Å². The second-order valence-electron chi connectivity index (χ2n) is 8.02. The van der Waals surface area contributed by atoms with E-state index < -0.39 is 5.92 Å². The summed E-state index contributed by atoms with van der Waals surface area (Å²) in [6.07, 6.45) is 0.878. The minimum absolute atomic E-state index is 0.0107. The van der Waals surface area contributed by atoms with Gasteiger partial charge in [0, 0.05) is 13.1 Å². The van der Waals surface area contributed by atoms with E-state index in [1.165, 1.54) is 11.1 Å². The molecule has 3 aromatic carbocycles. The molecule has 5 rings (SSSR count). The highest BCUT2D eigenvalue weighted by molar-refractivity contribution is 5.92. The molecule has 0 bridgehead atoms. The second kappa shape index (κ2) is 7.79. The van der Waals surface area contributed by atoms with Gasteiger partial charge in [-0.3, -0.25) is 9.59 Å². The van der Waals surface area contributed by atoms with Gasteiger partial charge in [0.05, 0.1) is 18.5 Å². The van der Waals surface area contributed by atoms with Crippen molar-refractivity contribution in [3.8, 4) is 0 Å². The van der Waals surface area contributed by atoms with Crippen molar-refractivity contribution in [2.75, 3.05) is 19.6 Å². The fourth-order valence-electron chi connectivity index (χ4n) is 4.79. The molecule has 0 saturated carbocycles. The Kier molecular flexibility index (Phi) is 4.83. The van der Waals surface area contributed by atoms with Gasteiger partial charge in [-0.1, -0.05) is 84.9 Å². The van der Waals surface area contributed by atoms with Gasteiger partial charge >= 0.3 is 0 Å². The van der Waals surface area contributed by atoms with Crippen molar-refractivity contribution in [2.45, 2.75) is 18.4 Å². The van der Waals surface area contributed by atoms with Crippen molar-refractivity contribution in [1.82, 2.24) is 9.80 Å². The third-order valence-corrected chi connectivity index (χ3v) is 6.28. The average Bonchev–Trinajstić information content (AvgIpc) is 2.80. The van der Waals surface area contributed by atoms with Crippen LogP contribution in [0.2, 0.25) is 0 Å². The Morgan fingerprint density at radius 3 is 2.10 bits per heavy atom. The number of benzene rings is 3.